The van der Waals surface area contributed by atoms with E-state index in [1.165, 1.54) is 18.9 Å². The zero-order chi connectivity index (χ0) is 17.5. The summed E-state index contributed by atoms with van der Waals surface area (Å²) in [5.41, 5.74) is 0.194. The predicted octanol–water partition coefficient (Wildman–Crippen LogP) is 2.36. The Morgan fingerprint density at radius 1 is 1.33 bits per heavy atom. The molecule has 0 saturated heterocycles. The third-order valence-corrected chi connectivity index (χ3v) is 4.47. The van der Waals surface area contributed by atoms with Gasteiger partial charge >= 0.3 is 5.69 Å². The highest BCUT2D eigenvalue weighted by Crippen LogP contribution is 2.26. The molecule has 0 unspecified atom stereocenters. The fraction of sp³-hybridized carbons (Fsp3) is 0.438. The topological polar surface area (TPSA) is 86.2 Å². The van der Waals surface area contributed by atoms with Gasteiger partial charge in [-0.15, -0.1) is 5.10 Å². The fourth-order valence-corrected chi connectivity index (χ4v) is 3.02. The zero-order valence-corrected chi connectivity index (χ0v) is 14.8. The number of nitrogens with one attached hydrogen (secondary N) is 1. The van der Waals surface area contributed by atoms with E-state index in [4.69, 9.17) is 9.47 Å². The van der Waals surface area contributed by atoms with Crippen molar-refractivity contribution in [1.29, 1.82) is 0 Å². The molecule has 0 saturated carbocycles. The molecule has 24 heavy (non-hydrogen) atoms. The van der Waals surface area contributed by atoms with Gasteiger partial charge in [0.1, 0.15) is 11.5 Å². The molecule has 0 bridgehead atoms. The summed E-state index contributed by atoms with van der Waals surface area (Å²) >= 11 is 1.23. The largest absolute Gasteiger partial charge is 0.497 e. The number of ether oxygens (including phenoxy) is 2. The second kappa shape index (κ2) is 8.58. The molecule has 130 valence electrons. The maximum absolute atomic E-state index is 12.5. The SMILES string of the molecule is CCCCn1c(SCC(=O)c2cc(OC)ccc2OC)n[nH]c1=O. The van der Waals surface area contributed by atoms with Gasteiger partial charge in [0, 0.05) is 6.54 Å². The molecule has 0 fully saturated rings. The minimum absolute atomic E-state index is 0.117. The average Bonchev–Trinajstić information content (AvgIpc) is 2.96. The maximum Gasteiger partial charge on any atom is 0.343 e. The average molecular weight is 351 g/mol. The van der Waals surface area contributed by atoms with Gasteiger partial charge in [0.25, 0.3) is 0 Å². The van der Waals surface area contributed by atoms with Crippen LogP contribution in [-0.4, -0.2) is 40.5 Å². The molecule has 0 aliphatic heterocycles. The summed E-state index contributed by atoms with van der Waals surface area (Å²) in [5, 5.41) is 6.94. The predicted molar refractivity (Wildman–Crippen MR) is 92.4 cm³/mol. The second-order valence-electron chi connectivity index (χ2n) is 5.09. The summed E-state index contributed by atoms with van der Waals surface area (Å²) in [6, 6.07) is 5.08. The number of ketones is 1. The highest BCUT2D eigenvalue weighted by molar-refractivity contribution is 7.99. The van der Waals surface area contributed by atoms with E-state index in [1.807, 2.05) is 0 Å². The number of carbonyl (C=O) groups excluding carboxylic acids is 1. The molecule has 0 atom stereocenters. The van der Waals surface area contributed by atoms with Crippen molar-refractivity contribution >= 4 is 17.5 Å². The number of aromatic nitrogens is 3. The van der Waals surface area contributed by atoms with Gasteiger partial charge in [0.2, 0.25) is 0 Å². The number of H-pyrrole nitrogens is 1. The minimum atomic E-state index is -0.252. The highest BCUT2D eigenvalue weighted by atomic mass is 32.2. The molecule has 1 N–H and O–H groups in total. The van der Waals surface area contributed by atoms with Gasteiger partial charge in [-0.05, 0) is 24.6 Å². The fourth-order valence-electron chi connectivity index (χ4n) is 2.17. The van der Waals surface area contributed by atoms with Crippen LogP contribution in [0.4, 0.5) is 0 Å². The van der Waals surface area contributed by atoms with Crippen molar-refractivity contribution in [1.82, 2.24) is 14.8 Å². The van der Waals surface area contributed by atoms with Crippen molar-refractivity contribution in [2.45, 2.75) is 31.5 Å². The van der Waals surface area contributed by atoms with Gasteiger partial charge < -0.3 is 9.47 Å². The van der Waals surface area contributed by atoms with E-state index in [-0.39, 0.29) is 17.2 Å². The second-order valence-corrected chi connectivity index (χ2v) is 6.04. The monoisotopic (exact) mass is 351 g/mol. The smallest absolute Gasteiger partial charge is 0.343 e. The number of aromatic amines is 1. The van der Waals surface area contributed by atoms with Crippen LogP contribution in [0, 0.1) is 0 Å². The van der Waals surface area contributed by atoms with Gasteiger partial charge in [0.15, 0.2) is 10.9 Å². The number of hydrogen-bond acceptors (Lipinski definition) is 6. The highest BCUT2D eigenvalue weighted by Gasteiger charge is 2.16. The van der Waals surface area contributed by atoms with Gasteiger partial charge in [-0.25, -0.2) is 9.89 Å². The van der Waals surface area contributed by atoms with Crippen LogP contribution in [0.2, 0.25) is 0 Å². The standard InChI is InChI=1S/C16H21N3O4S/c1-4-5-8-19-15(21)17-18-16(19)24-10-13(20)12-9-11(22-2)6-7-14(12)23-3/h6-7,9H,4-5,8,10H2,1-3H3,(H,17,21). The minimum Gasteiger partial charge on any atom is -0.497 e. The van der Waals surface area contributed by atoms with Crippen LogP contribution >= 0.6 is 11.8 Å². The van der Waals surface area contributed by atoms with E-state index < -0.39 is 0 Å². The molecule has 8 heteroatoms. The molecule has 7 nitrogen and oxygen atoms in total. The molecule has 1 heterocycles. The van der Waals surface area contributed by atoms with E-state index in [0.29, 0.717) is 28.8 Å². The molecular formula is C16H21N3O4S. The number of carbonyl (C=O) groups is 1. The third-order valence-electron chi connectivity index (χ3n) is 3.50. The Morgan fingerprint density at radius 2 is 2.12 bits per heavy atom. The van der Waals surface area contributed by atoms with Crippen LogP contribution in [-0.2, 0) is 6.54 Å². The molecule has 1 aromatic carbocycles. The third kappa shape index (κ3) is 4.19. The summed E-state index contributed by atoms with van der Waals surface area (Å²) in [5.74, 6) is 1.11. The molecular weight excluding hydrogens is 330 g/mol. The van der Waals surface area contributed by atoms with E-state index in [2.05, 4.69) is 17.1 Å². The molecule has 0 aliphatic carbocycles. The first-order chi connectivity index (χ1) is 11.6. The lowest BCUT2D eigenvalue weighted by molar-refractivity contribution is 0.101. The molecule has 0 aliphatic rings. The summed E-state index contributed by atoms with van der Waals surface area (Å²) in [4.78, 5) is 24.3. The number of thioether (sulfide) groups is 1. The van der Waals surface area contributed by atoms with Gasteiger partial charge in [-0.3, -0.25) is 9.36 Å². The summed E-state index contributed by atoms with van der Waals surface area (Å²) in [7, 11) is 3.06. The summed E-state index contributed by atoms with van der Waals surface area (Å²) < 4.78 is 12.0. The lowest BCUT2D eigenvalue weighted by Gasteiger charge is -2.09. The molecule has 0 spiro atoms. The van der Waals surface area contributed by atoms with Gasteiger partial charge in [0.05, 0.1) is 25.5 Å². The van der Waals surface area contributed by atoms with Crippen LogP contribution < -0.4 is 15.2 Å². The Kier molecular flexibility index (Phi) is 6.48. The first-order valence-electron chi connectivity index (χ1n) is 7.64. The molecule has 2 rings (SSSR count). The van der Waals surface area contributed by atoms with Gasteiger partial charge in [-0.2, -0.15) is 0 Å². The number of methoxy groups -OCH3 is 2. The quantitative estimate of drug-likeness (QED) is 0.551. The Bertz CT molecular complexity index is 754. The van der Waals surface area contributed by atoms with Crippen LogP contribution in [0.1, 0.15) is 30.1 Å². The van der Waals surface area contributed by atoms with Crippen molar-refractivity contribution in [3.8, 4) is 11.5 Å². The molecule has 2 aromatic rings. The van der Waals surface area contributed by atoms with Crippen molar-refractivity contribution in [3.05, 3.63) is 34.2 Å². The lowest BCUT2D eigenvalue weighted by Crippen LogP contribution is -2.18. The van der Waals surface area contributed by atoms with E-state index >= 15 is 0 Å². The first-order valence-corrected chi connectivity index (χ1v) is 8.62. The van der Waals surface area contributed by atoms with E-state index in [1.54, 1.807) is 29.9 Å². The number of hydrogen-bond donors (Lipinski definition) is 1. The van der Waals surface area contributed by atoms with Crippen LogP contribution in [0.25, 0.3) is 0 Å². The normalized spacial score (nSPS) is 10.6. The number of nitrogens with zero attached hydrogens (tertiary/aromatic N) is 2. The number of rotatable bonds is 9. The molecule has 1 aromatic heterocycles. The Hall–Kier alpha value is -2.22. The lowest BCUT2D eigenvalue weighted by atomic mass is 10.1. The van der Waals surface area contributed by atoms with Gasteiger partial charge in [-0.1, -0.05) is 25.1 Å². The Balaban J connectivity index is 2.13. The Morgan fingerprint density at radius 3 is 2.79 bits per heavy atom. The molecule has 0 amide bonds. The number of Topliss-reactive ketones (excluding diaryl/α,β-unsaturated/α-hetero) is 1. The number of benzene rings is 1. The van der Waals surface area contributed by atoms with E-state index in [0.717, 1.165) is 12.8 Å². The summed E-state index contributed by atoms with van der Waals surface area (Å²) in [6.07, 6.45) is 1.85. The summed E-state index contributed by atoms with van der Waals surface area (Å²) in [6.45, 7) is 2.64. The van der Waals surface area contributed by atoms with Crippen LogP contribution in [0.15, 0.2) is 28.2 Å². The Labute approximate surface area is 144 Å². The van der Waals surface area contributed by atoms with Crippen molar-refractivity contribution in [2.75, 3.05) is 20.0 Å². The van der Waals surface area contributed by atoms with Crippen molar-refractivity contribution < 1.29 is 14.3 Å². The maximum atomic E-state index is 12.5. The molecule has 0 radical (unpaired) electrons. The van der Waals surface area contributed by atoms with Crippen LogP contribution in [0.3, 0.4) is 0 Å². The van der Waals surface area contributed by atoms with E-state index in [9.17, 15) is 9.59 Å². The van der Waals surface area contributed by atoms with Crippen molar-refractivity contribution in [3.63, 3.8) is 0 Å². The van der Waals surface area contributed by atoms with Crippen molar-refractivity contribution in [2.24, 2.45) is 0 Å². The zero-order valence-electron chi connectivity index (χ0n) is 14.0. The number of unbranched alkanes of at least 4 members (excludes halogenated alkanes) is 1. The first kappa shape index (κ1) is 18.1. The van der Waals surface area contributed by atoms with Crippen LogP contribution in [0.5, 0.6) is 11.5 Å².